The first-order valence-electron chi connectivity index (χ1n) is 8.86. The third kappa shape index (κ3) is 3.64. The molecule has 0 spiro atoms. The van der Waals surface area contributed by atoms with Gasteiger partial charge in [-0.1, -0.05) is 18.2 Å². The topological polar surface area (TPSA) is 86.0 Å². The zero-order valence-corrected chi connectivity index (χ0v) is 15.1. The smallest absolute Gasteiger partial charge is 0.254 e. The number of carbonyl (C=O) groups is 1. The van der Waals surface area contributed by atoms with E-state index in [1.165, 1.54) is 6.33 Å². The van der Waals surface area contributed by atoms with Gasteiger partial charge < -0.3 is 14.2 Å². The second-order valence-electron chi connectivity index (χ2n) is 6.40. The van der Waals surface area contributed by atoms with Crippen LogP contribution in [0, 0.1) is 6.92 Å². The van der Waals surface area contributed by atoms with Gasteiger partial charge in [-0.3, -0.25) is 4.79 Å². The van der Waals surface area contributed by atoms with Crippen LogP contribution in [0.25, 0.3) is 0 Å². The molecule has 0 radical (unpaired) electrons. The number of hydrogen-bond donors (Lipinski definition) is 0. The summed E-state index contributed by atoms with van der Waals surface area (Å²) < 4.78 is 7.72. The molecule has 1 aliphatic heterocycles. The molecule has 8 nitrogen and oxygen atoms in total. The lowest BCUT2D eigenvalue weighted by molar-refractivity contribution is 0.0757. The Bertz CT molecular complexity index is 940. The standard InChI is InChI=1S/C19H20N6O2/c1-14-4-2-3-5-16(14)19(26)24-7-6-17-22-23-18(25(17)9-8-24)12-27-15-10-20-13-21-11-15/h2-5,10-11,13H,6-9,12H2,1H3. The van der Waals surface area contributed by atoms with E-state index in [-0.39, 0.29) is 12.5 Å². The molecule has 0 saturated heterocycles. The zero-order valence-electron chi connectivity index (χ0n) is 15.1. The van der Waals surface area contributed by atoms with Crippen molar-refractivity contribution in [3.63, 3.8) is 0 Å². The van der Waals surface area contributed by atoms with Crippen molar-refractivity contribution in [2.24, 2.45) is 0 Å². The second-order valence-corrected chi connectivity index (χ2v) is 6.40. The summed E-state index contributed by atoms with van der Waals surface area (Å²) in [6.07, 6.45) is 5.33. The summed E-state index contributed by atoms with van der Waals surface area (Å²) in [5.41, 5.74) is 1.74. The highest BCUT2D eigenvalue weighted by Gasteiger charge is 2.23. The number of aryl methyl sites for hydroxylation is 1. The van der Waals surface area contributed by atoms with Crippen molar-refractivity contribution in [2.75, 3.05) is 13.1 Å². The summed E-state index contributed by atoms with van der Waals surface area (Å²) in [5.74, 6) is 2.25. The van der Waals surface area contributed by atoms with Gasteiger partial charge in [-0.25, -0.2) is 9.97 Å². The number of nitrogens with zero attached hydrogens (tertiary/aromatic N) is 6. The lowest BCUT2D eigenvalue weighted by atomic mass is 10.1. The van der Waals surface area contributed by atoms with Crippen LogP contribution in [0.15, 0.2) is 43.0 Å². The fourth-order valence-electron chi connectivity index (χ4n) is 3.18. The number of fused-ring (bicyclic) bond motifs is 1. The molecular formula is C19H20N6O2. The van der Waals surface area contributed by atoms with Crippen molar-refractivity contribution in [3.05, 3.63) is 65.8 Å². The Labute approximate surface area is 156 Å². The summed E-state index contributed by atoms with van der Waals surface area (Å²) in [6, 6.07) is 7.68. The van der Waals surface area contributed by atoms with Crippen LogP contribution in [0.5, 0.6) is 5.75 Å². The van der Waals surface area contributed by atoms with Gasteiger partial charge in [0, 0.05) is 31.6 Å². The first-order chi connectivity index (χ1) is 13.2. The molecule has 3 heterocycles. The van der Waals surface area contributed by atoms with Gasteiger partial charge in [0.25, 0.3) is 5.91 Å². The molecule has 0 saturated carbocycles. The predicted octanol–water partition coefficient (Wildman–Crippen LogP) is 1.65. The molecule has 2 aromatic heterocycles. The molecule has 3 aromatic rings. The lowest BCUT2D eigenvalue weighted by Crippen LogP contribution is -2.34. The Morgan fingerprint density at radius 2 is 1.93 bits per heavy atom. The molecule has 1 aromatic carbocycles. The van der Waals surface area contributed by atoms with E-state index in [9.17, 15) is 4.79 Å². The molecule has 0 bridgehead atoms. The minimum Gasteiger partial charge on any atom is -0.482 e. The average molecular weight is 364 g/mol. The van der Waals surface area contributed by atoms with Crippen LogP contribution in [0.1, 0.15) is 27.6 Å². The summed E-state index contributed by atoms with van der Waals surface area (Å²) in [5, 5.41) is 8.52. The third-order valence-corrected chi connectivity index (χ3v) is 4.67. The van der Waals surface area contributed by atoms with E-state index in [1.807, 2.05) is 40.7 Å². The van der Waals surface area contributed by atoms with Crippen LogP contribution in [-0.2, 0) is 19.6 Å². The van der Waals surface area contributed by atoms with E-state index in [0.717, 1.165) is 22.8 Å². The van der Waals surface area contributed by atoms with Gasteiger partial charge in [0.2, 0.25) is 0 Å². The highest BCUT2D eigenvalue weighted by atomic mass is 16.5. The fraction of sp³-hybridized carbons (Fsp3) is 0.316. The molecule has 0 aliphatic carbocycles. The minimum atomic E-state index is 0.0612. The van der Waals surface area contributed by atoms with Crippen LogP contribution >= 0.6 is 0 Å². The van der Waals surface area contributed by atoms with E-state index in [4.69, 9.17) is 4.74 Å². The summed E-state index contributed by atoms with van der Waals surface area (Å²) in [4.78, 5) is 22.6. The quantitative estimate of drug-likeness (QED) is 0.700. The van der Waals surface area contributed by atoms with Gasteiger partial charge in [-0.05, 0) is 18.6 Å². The fourth-order valence-corrected chi connectivity index (χ4v) is 3.18. The molecule has 27 heavy (non-hydrogen) atoms. The number of amides is 1. The van der Waals surface area contributed by atoms with Crippen molar-refractivity contribution in [1.29, 1.82) is 0 Å². The number of benzene rings is 1. The molecule has 4 rings (SSSR count). The maximum absolute atomic E-state index is 12.9. The van der Waals surface area contributed by atoms with Crippen molar-refractivity contribution < 1.29 is 9.53 Å². The van der Waals surface area contributed by atoms with Crippen LogP contribution in [0.2, 0.25) is 0 Å². The first kappa shape index (κ1) is 17.1. The van der Waals surface area contributed by atoms with Crippen molar-refractivity contribution in [2.45, 2.75) is 26.5 Å². The molecule has 0 fully saturated rings. The van der Waals surface area contributed by atoms with E-state index in [1.54, 1.807) is 12.4 Å². The van der Waals surface area contributed by atoms with Gasteiger partial charge in [0.05, 0.1) is 12.4 Å². The summed E-state index contributed by atoms with van der Waals surface area (Å²) >= 11 is 0. The molecule has 138 valence electrons. The van der Waals surface area contributed by atoms with Crippen LogP contribution in [0.3, 0.4) is 0 Å². The first-order valence-corrected chi connectivity index (χ1v) is 8.86. The second kappa shape index (κ2) is 7.53. The van der Waals surface area contributed by atoms with Crippen LogP contribution in [-0.4, -0.2) is 48.6 Å². The zero-order chi connectivity index (χ0) is 18.6. The van der Waals surface area contributed by atoms with Crippen molar-refractivity contribution in [1.82, 2.24) is 29.6 Å². The molecule has 8 heteroatoms. The Morgan fingerprint density at radius 1 is 1.11 bits per heavy atom. The van der Waals surface area contributed by atoms with E-state index >= 15 is 0 Å². The van der Waals surface area contributed by atoms with Gasteiger partial charge in [0.15, 0.2) is 11.6 Å². The van der Waals surface area contributed by atoms with E-state index in [0.29, 0.717) is 31.8 Å². The maximum atomic E-state index is 12.9. The third-order valence-electron chi connectivity index (χ3n) is 4.67. The Kier molecular flexibility index (Phi) is 4.78. The number of carbonyl (C=O) groups excluding carboxylic acids is 1. The predicted molar refractivity (Wildman–Crippen MR) is 97.2 cm³/mol. The Balaban J connectivity index is 1.45. The highest BCUT2D eigenvalue weighted by Crippen LogP contribution is 2.16. The van der Waals surface area contributed by atoms with E-state index in [2.05, 4.69) is 20.2 Å². The van der Waals surface area contributed by atoms with E-state index < -0.39 is 0 Å². The molecule has 0 N–H and O–H groups in total. The molecule has 0 unspecified atom stereocenters. The largest absolute Gasteiger partial charge is 0.482 e. The number of rotatable bonds is 4. The number of hydrogen-bond acceptors (Lipinski definition) is 6. The SMILES string of the molecule is Cc1ccccc1C(=O)N1CCc2nnc(COc3cncnc3)n2CC1. The normalized spacial score (nSPS) is 13.7. The summed E-state index contributed by atoms with van der Waals surface area (Å²) in [7, 11) is 0. The van der Waals surface area contributed by atoms with Gasteiger partial charge in [-0.2, -0.15) is 0 Å². The molecular weight excluding hydrogens is 344 g/mol. The molecule has 1 amide bonds. The number of ether oxygens (including phenoxy) is 1. The number of aromatic nitrogens is 5. The average Bonchev–Trinajstić information content (AvgIpc) is 2.96. The minimum absolute atomic E-state index is 0.0612. The summed E-state index contributed by atoms with van der Waals surface area (Å²) in [6.45, 7) is 4.12. The lowest BCUT2D eigenvalue weighted by Gasteiger charge is -2.21. The Hall–Kier alpha value is -3.29. The molecule has 0 atom stereocenters. The highest BCUT2D eigenvalue weighted by molar-refractivity contribution is 5.95. The monoisotopic (exact) mass is 364 g/mol. The molecule has 1 aliphatic rings. The van der Waals surface area contributed by atoms with Crippen molar-refractivity contribution in [3.8, 4) is 5.75 Å². The van der Waals surface area contributed by atoms with Gasteiger partial charge in [-0.15, -0.1) is 10.2 Å². The Morgan fingerprint density at radius 3 is 2.74 bits per heavy atom. The van der Waals surface area contributed by atoms with Gasteiger partial charge >= 0.3 is 0 Å². The van der Waals surface area contributed by atoms with Crippen LogP contribution < -0.4 is 4.74 Å². The van der Waals surface area contributed by atoms with Gasteiger partial charge in [0.1, 0.15) is 18.8 Å². The maximum Gasteiger partial charge on any atom is 0.254 e. The van der Waals surface area contributed by atoms with Crippen molar-refractivity contribution >= 4 is 5.91 Å². The van der Waals surface area contributed by atoms with Crippen LogP contribution in [0.4, 0.5) is 0 Å².